The van der Waals surface area contributed by atoms with Gasteiger partial charge in [-0.05, 0) is 31.2 Å². The maximum absolute atomic E-state index is 12.1. The molecule has 25 heavy (non-hydrogen) atoms. The number of rotatable bonds is 8. The van der Waals surface area contributed by atoms with E-state index < -0.39 is 0 Å². The van der Waals surface area contributed by atoms with Gasteiger partial charge in [0.05, 0.1) is 20.8 Å². The molecular weight excluding hydrogens is 318 g/mol. The molecular formula is C20H23NO4. The number of amides is 1. The van der Waals surface area contributed by atoms with E-state index in [1.165, 1.54) is 6.08 Å². The lowest BCUT2D eigenvalue weighted by molar-refractivity contribution is -0.116. The van der Waals surface area contributed by atoms with Crippen molar-refractivity contribution in [1.82, 2.24) is 5.32 Å². The lowest BCUT2D eigenvalue weighted by Crippen LogP contribution is -2.20. The summed E-state index contributed by atoms with van der Waals surface area (Å²) in [5.74, 6) is 1.94. The van der Waals surface area contributed by atoms with Gasteiger partial charge in [-0.1, -0.05) is 18.2 Å². The number of para-hydroxylation sites is 1. The second-order valence-electron chi connectivity index (χ2n) is 5.20. The highest BCUT2D eigenvalue weighted by molar-refractivity contribution is 5.92. The Labute approximate surface area is 148 Å². The number of nitrogens with one attached hydrogen (secondary N) is 1. The van der Waals surface area contributed by atoms with Crippen LogP contribution in [0, 0.1) is 0 Å². The minimum Gasteiger partial charge on any atom is -0.497 e. The van der Waals surface area contributed by atoms with E-state index in [0.29, 0.717) is 24.7 Å². The Hall–Kier alpha value is -2.95. The quantitative estimate of drug-likeness (QED) is 0.748. The summed E-state index contributed by atoms with van der Waals surface area (Å²) in [6.45, 7) is 2.92. The lowest BCUT2D eigenvalue weighted by Gasteiger charge is -2.10. The van der Waals surface area contributed by atoms with E-state index in [1.54, 1.807) is 26.4 Å². The first-order valence-electron chi connectivity index (χ1n) is 8.06. The van der Waals surface area contributed by atoms with Crippen molar-refractivity contribution in [2.75, 3.05) is 20.8 Å². The Morgan fingerprint density at radius 2 is 1.88 bits per heavy atom. The average molecular weight is 341 g/mol. The average Bonchev–Trinajstić information content (AvgIpc) is 2.65. The molecule has 0 fully saturated rings. The van der Waals surface area contributed by atoms with Crippen LogP contribution in [0.5, 0.6) is 17.2 Å². The summed E-state index contributed by atoms with van der Waals surface area (Å²) in [5.41, 5.74) is 1.74. The van der Waals surface area contributed by atoms with Crippen LogP contribution in [-0.4, -0.2) is 26.7 Å². The molecule has 0 aliphatic heterocycles. The molecule has 0 bridgehead atoms. The third kappa shape index (κ3) is 5.28. The first-order chi connectivity index (χ1) is 12.2. The number of ether oxygens (including phenoxy) is 3. The normalized spacial score (nSPS) is 10.5. The summed E-state index contributed by atoms with van der Waals surface area (Å²) in [5, 5.41) is 2.86. The summed E-state index contributed by atoms with van der Waals surface area (Å²) >= 11 is 0. The van der Waals surface area contributed by atoms with Crippen molar-refractivity contribution < 1.29 is 19.0 Å². The van der Waals surface area contributed by atoms with E-state index in [0.717, 1.165) is 16.9 Å². The van der Waals surface area contributed by atoms with Crippen LogP contribution < -0.4 is 19.5 Å². The minimum atomic E-state index is -0.191. The van der Waals surface area contributed by atoms with Gasteiger partial charge in [-0.3, -0.25) is 4.79 Å². The molecule has 0 radical (unpaired) electrons. The van der Waals surface area contributed by atoms with Crippen molar-refractivity contribution in [3.8, 4) is 17.2 Å². The van der Waals surface area contributed by atoms with E-state index in [2.05, 4.69) is 5.32 Å². The monoisotopic (exact) mass is 341 g/mol. The Balaban J connectivity index is 2.00. The molecule has 5 heteroatoms. The highest BCUT2D eigenvalue weighted by Crippen LogP contribution is 2.25. The summed E-state index contributed by atoms with van der Waals surface area (Å²) in [6.07, 6.45) is 3.19. The Kier molecular flexibility index (Phi) is 6.89. The molecule has 5 nitrogen and oxygen atoms in total. The van der Waals surface area contributed by atoms with Gasteiger partial charge in [0.25, 0.3) is 0 Å². The van der Waals surface area contributed by atoms with Crippen molar-refractivity contribution in [3.05, 3.63) is 59.7 Å². The van der Waals surface area contributed by atoms with Crippen molar-refractivity contribution in [1.29, 1.82) is 0 Å². The number of hydrogen-bond acceptors (Lipinski definition) is 4. The number of carbonyl (C=O) groups is 1. The summed E-state index contributed by atoms with van der Waals surface area (Å²) in [6, 6.07) is 13.1. The molecule has 0 aliphatic rings. The van der Waals surface area contributed by atoms with Crippen LogP contribution in [0.4, 0.5) is 0 Å². The summed E-state index contributed by atoms with van der Waals surface area (Å²) in [4.78, 5) is 12.1. The number of methoxy groups -OCH3 is 2. The molecule has 0 unspecified atom stereocenters. The molecule has 0 saturated heterocycles. The van der Waals surface area contributed by atoms with Gasteiger partial charge < -0.3 is 19.5 Å². The Morgan fingerprint density at radius 3 is 2.60 bits per heavy atom. The molecule has 2 aromatic carbocycles. The van der Waals surface area contributed by atoms with Crippen molar-refractivity contribution in [2.24, 2.45) is 0 Å². The summed E-state index contributed by atoms with van der Waals surface area (Å²) < 4.78 is 16.0. The Morgan fingerprint density at radius 1 is 1.08 bits per heavy atom. The molecule has 1 amide bonds. The predicted molar refractivity (Wildman–Crippen MR) is 98.0 cm³/mol. The first-order valence-corrected chi connectivity index (χ1v) is 8.06. The van der Waals surface area contributed by atoms with Crippen LogP contribution in [0.2, 0.25) is 0 Å². The molecule has 2 rings (SSSR count). The second kappa shape index (κ2) is 9.37. The van der Waals surface area contributed by atoms with Crippen LogP contribution in [0.3, 0.4) is 0 Å². The van der Waals surface area contributed by atoms with E-state index in [9.17, 15) is 4.79 Å². The molecule has 0 spiro atoms. The molecule has 0 aliphatic carbocycles. The molecule has 0 heterocycles. The smallest absolute Gasteiger partial charge is 0.244 e. The zero-order chi connectivity index (χ0) is 18.1. The summed E-state index contributed by atoms with van der Waals surface area (Å²) in [7, 11) is 3.18. The van der Waals surface area contributed by atoms with Gasteiger partial charge in [0.2, 0.25) is 5.91 Å². The molecule has 0 atom stereocenters. The number of benzene rings is 2. The van der Waals surface area contributed by atoms with Crippen molar-refractivity contribution >= 4 is 12.0 Å². The van der Waals surface area contributed by atoms with Crippen LogP contribution in [0.25, 0.3) is 6.08 Å². The molecule has 2 aromatic rings. The highest BCUT2D eigenvalue weighted by Gasteiger charge is 2.05. The SMILES string of the molecule is CCOc1ccccc1CNC(=O)/C=C/c1ccc(OC)cc1OC. The highest BCUT2D eigenvalue weighted by atomic mass is 16.5. The fourth-order valence-electron chi connectivity index (χ4n) is 2.31. The predicted octanol–water partition coefficient (Wildman–Crippen LogP) is 3.43. The van der Waals surface area contributed by atoms with Crippen LogP contribution in [-0.2, 0) is 11.3 Å². The van der Waals surface area contributed by atoms with Gasteiger partial charge in [0.1, 0.15) is 17.2 Å². The first kappa shape index (κ1) is 18.4. The zero-order valence-corrected chi connectivity index (χ0v) is 14.7. The standard InChI is InChI=1S/C20H23NO4/c1-4-25-18-8-6-5-7-16(18)14-21-20(22)12-10-15-9-11-17(23-2)13-19(15)24-3/h5-13H,4,14H2,1-3H3,(H,21,22)/b12-10+. The maximum atomic E-state index is 12.1. The minimum absolute atomic E-state index is 0.191. The van der Waals surface area contributed by atoms with Gasteiger partial charge in [-0.2, -0.15) is 0 Å². The van der Waals surface area contributed by atoms with Crippen molar-refractivity contribution in [2.45, 2.75) is 13.5 Å². The fourth-order valence-corrected chi connectivity index (χ4v) is 2.31. The molecule has 0 saturated carbocycles. The largest absolute Gasteiger partial charge is 0.497 e. The second-order valence-corrected chi connectivity index (χ2v) is 5.20. The van der Waals surface area contributed by atoms with Gasteiger partial charge in [0.15, 0.2) is 0 Å². The Bertz CT molecular complexity index is 740. The third-order valence-electron chi connectivity index (χ3n) is 3.58. The zero-order valence-electron chi connectivity index (χ0n) is 14.7. The van der Waals surface area contributed by atoms with E-state index in [4.69, 9.17) is 14.2 Å². The molecule has 0 aromatic heterocycles. The maximum Gasteiger partial charge on any atom is 0.244 e. The third-order valence-corrected chi connectivity index (χ3v) is 3.58. The lowest BCUT2D eigenvalue weighted by atomic mass is 10.1. The van der Waals surface area contributed by atoms with E-state index in [1.807, 2.05) is 43.3 Å². The van der Waals surface area contributed by atoms with Gasteiger partial charge >= 0.3 is 0 Å². The number of hydrogen-bond donors (Lipinski definition) is 1. The van der Waals surface area contributed by atoms with Crippen molar-refractivity contribution in [3.63, 3.8) is 0 Å². The van der Waals surface area contributed by atoms with Crippen LogP contribution >= 0.6 is 0 Å². The fraction of sp³-hybridized carbons (Fsp3) is 0.250. The van der Waals surface area contributed by atoms with Crippen LogP contribution in [0.1, 0.15) is 18.1 Å². The topological polar surface area (TPSA) is 56.8 Å². The molecule has 132 valence electrons. The van der Waals surface area contributed by atoms with E-state index in [-0.39, 0.29) is 5.91 Å². The number of carbonyl (C=O) groups excluding carboxylic acids is 1. The van der Waals surface area contributed by atoms with Gasteiger partial charge in [-0.25, -0.2) is 0 Å². The molecule has 1 N–H and O–H groups in total. The van der Waals surface area contributed by atoms with Gasteiger partial charge in [-0.15, -0.1) is 0 Å². The van der Waals surface area contributed by atoms with Gasteiger partial charge in [0, 0.05) is 29.8 Å². The van der Waals surface area contributed by atoms with E-state index >= 15 is 0 Å². The van der Waals surface area contributed by atoms with Crippen LogP contribution in [0.15, 0.2) is 48.5 Å².